The fraction of sp³-hybridized carbons (Fsp3) is 0.471. The van der Waals surface area contributed by atoms with E-state index in [1.165, 1.54) is 5.56 Å². The number of nitrogens with one attached hydrogen (secondary N) is 2. The molecule has 0 spiro atoms. The number of benzene rings is 1. The average molecular weight is 300 g/mol. The summed E-state index contributed by atoms with van der Waals surface area (Å²) in [5.41, 5.74) is 1.23. The molecule has 1 aromatic carbocycles. The fourth-order valence-corrected chi connectivity index (χ4v) is 2.30. The Balaban J connectivity index is 2.03. The van der Waals surface area contributed by atoms with Crippen LogP contribution in [0.3, 0.4) is 0 Å². The van der Waals surface area contributed by atoms with Gasteiger partial charge in [-0.25, -0.2) is 0 Å². The van der Waals surface area contributed by atoms with E-state index in [9.17, 15) is 4.79 Å². The molecule has 118 valence electrons. The first-order chi connectivity index (χ1) is 10.6. The lowest BCUT2D eigenvalue weighted by molar-refractivity contribution is -0.121. The van der Waals surface area contributed by atoms with Crippen LogP contribution in [-0.4, -0.2) is 28.0 Å². The van der Waals surface area contributed by atoms with Gasteiger partial charge in [-0.3, -0.25) is 4.79 Å². The van der Waals surface area contributed by atoms with Crippen LogP contribution in [0.5, 0.6) is 0 Å². The molecule has 0 bridgehead atoms. The zero-order valence-corrected chi connectivity index (χ0v) is 13.5. The number of carbonyl (C=O) groups is 1. The maximum Gasteiger partial charge on any atom is 0.147 e. The molecule has 0 aliphatic heterocycles. The number of hydrogen-bond acceptors (Lipinski definition) is 4. The number of aromatic amines is 1. The van der Waals surface area contributed by atoms with Crippen LogP contribution in [0.15, 0.2) is 30.3 Å². The highest BCUT2D eigenvalue weighted by Crippen LogP contribution is 2.15. The van der Waals surface area contributed by atoms with Crippen LogP contribution < -0.4 is 5.32 Å². The molecule has 1 unspecified atom stereocenters. The van der Waals surface area contributed by atoms with E-state index in [4.69, 9.17) is 0 Å². The van der Waals surface area contributed by atoms with Crippen molar-refractivity contribution in [2.75, 3.05) is 7.05 Å². The molecule has 0 saturated carbocycles. The van der Waals surface area contributed by atoms with E-state index in [0.29, 0.717) is 12.2 Å². The van der Waals surface area contributed by atoms with Crippen molar-refractivity contribution in [3.63, 3.8) is 0 Å². The molecular formula is C17H24N4O. The Hall–Kier alpha value is -2.01. The third-order valence-electron chi connectivity index (χ3n) is 4.02. The first-order valence-electron chi connectivity index (χ1n) is 7.79. The highest BCUT2D eigenvalue weighted by molar-refractivity contribution is 5.82. The highest BCUT2D eigenvalue weighted by atomic mass is 16.1. The zero-order valence-electron chi connectivity index (χ0n) is 13.5. The number of aromatic nitrogens is 3. The summed E-state index contributed by atoms with van der Waals surface area (Å²) in [6.45, 7) is 3.97. The quantitative estimate of drug-likeness (QED) is 0.785. The van der Waals surface area contributed by atoms with Crippen LogP contribution in [-0.2, 0) is 17.6 Å². The van der Waals surface area contributed by atoms with Crippen molar-refractivity contribution in [2.45, 2.75) is 39.2 Å². The van der Waals surface area contributed by atoms with Crippen LogP contribution in [0, 0.1) is 5.92 Å². The van der Waals surface area contributed by atoms with Crippen LogP contribution in [0.2, 0.25) is 0 Å². The number of H-pyrrole nitrogens is 1. The number of nitrogens with zero attached hydrogens (tertiary/aromatic N) is 2. The van der Waals surface area contributed by atoms with Gasteiger partial charge in [-0.1, -0.05) is 44.2 Å². The topological polar surface area (TPSA) is 70.7 Å². The molecule has 5 heteroatoms. The molecule has 2 atom stereocenters. The Morgan fingerprint density at radius 1 is 1.27 bits per heavy atom. The van der Waals surface area contributed by atoms with Gasteiger partial charge in [0.25, 0.3) is 0 Å². The molecular weight excluding hydrogens is 276 g/mol. The van der Waals surface area contributed by atoms with Crippen molar-refractivity contribution >= 4 is 5.78 Å². The van der Waals surface area contributed by atoms with Gasteiger partial charge in [-0.2, -0.15) is 0 Å². The lowest BCUT2D eigenvalue weighted by Gasteiger charge is -2.13. The third-order valence-corrected chi connectivity index (χ3v) is 4.02. The Labute approximate surface area is 131 Å². The van der Waals surface area contributed by atoms with Crippen LogP contribution in [0.1, 0.15) is 43.5 Å². The van der Waals surface area contributed by atoms with Crippen molar-refractivity contribution < 1.29 is 4.79 Å². The lowest BCUT2D eigenvalue weighted by Crippen LogP contribution is -2.20. The summed E-state index contributed by atoms with van der Waals surface area (Å²) in [5, 5.41) is 11.6. The number of carbonyl (C=O) groups excluding carboxylic acids is 1. The molecule has 2 aromatic rings. The van der Waals surface area contributed by atoms with E-state index in [1.54, 1.807) is 0 Å². The molecule has 22 heavy (non-hydrogen) atoms. The van der Waals surface area contributed by atoms with E-state index in [-0.39, 0.29) is 17.7 Å². The molecule has 0 fully saturated rings. The van der Waals surface area contributed by atoms with Crippen molar-refractivity contribution in [2.24, 2.45) is 5.92 Å². The second-order valence-electron chi connectivity index (χ2n) is 5.64. The number of hydrogen-bond donors (Lipinski definition) is 2. The van der Waals surface area contributed by atoms with Crippen molar-refractivity contribution in [1.29, 1.82) is 0 Å². The Kier molecular flexibility index (Phi) is 5.83. The molecule has 1 aromatic heterocycles. The number of ketones is 1. The molecule has 5 nitrogen and oxygen atoms in total. The fourth-order valence-electron chi connectivity index (χ4n) is 2.30. The predicted molar refractivity (Wildman–Crippen MR) is 86.5 cm³/mol. The van der Waals surface area contributed by atoms with E-state index in [1.807, 2.05) is 39.1 Å². The van der Waals surface area contributed by atoms with Crippen molar-refractivity contribution in [1.82, 2.24) is 20.5 Å². The van der Waals surface area contributed by atoms with Gasteiger partial charge in [0.2, 0.25) is 0 Å². The molecule has 2 N–H and O–H groups in total. The minimum atomic E-state index is 0.0577. The Morgan fingerprint density at radius 2 is 2.00 bits per heavy atom. The SMILES string of the molecule is CCC(C)C(=O)Cc1nnc([C@H](Cc2ccccc2)NC)[nH]1. The largest absolute Gasteiger partial charge is 0.327 e. The standard InChI is InChI=1S/C17H24N4O/c1-4-12(2)15(22)11-16-19-17(21-20-16)14(18-3)10-13-8-6-5-7-9-13/h5-9,12,14,18H,4,10-11H2,1-3H3,(H,19,20,21)/t12?,14-/m0/s1. The Bertz CT molecular complexity index is 594. The van der Waals surface area contributed by atoms with E-state index >= 15 is 0 Å². The predicted octanol–water partition coefficient (Wildman–Crippen LogP) is 2.47. The summed E-state index contributed by atoms with van der Waals surface area (Å²) >= 11 is 0. The molecule has 0 aliphatic rings. The summed E-state index contributed by atoms with van der Waals surface area (Å²) in [6, 6.07) is 10.3. The van der Waals surface area contributed by atoms with Gasteiger partial charge in [0, 0.05) is 5.92 Å². The van der Waals surface area contributed by atoms with Gasteiger partial charge in [0.15, 0.2) is 0 Å². The molecule has 2 rings (SSSR count). The summed E-state index contributed by atoms with van der Waals surface area (Å²) in [6.07, 6.45) is 2.00. The van der Waals surface area contributed by atoms with Gasteiger partial charge >= 0.3 is 0 Å². The van der Waals surface area contributed by atoms with E-state index in [0.717, 1.165) is 18.7 Å². The van der Waals surface area contributed by atoms with Gasteiger partial charge in [-0.15, -0.1) is 10.2 Å². The Morgan fingerprint density at radius 3 is 2.64 bits per heavy atom. The molecule has 0 radical (unpaired) electrons. The minimum absolute atomic E-state index is 0.0577. The van der Waals surface area contributed by atoms with Crippen molar-refractivity contribution in [3.05, 3.63) is 47.5 Å². The summed E-state index contributed by atoms with van der Waals surface area (Å²) in [7, 11) is 1.90. The summed E-state index contributed by atoms with van der Waals surface area (Å²) < 4.78 is 0. The lowest BCUT2D eigenvalue weighted by atomic mass is 10.0. The van der Waals surface area contributed by atoms with E-state index in [2.05, 4.69) is 32.6 Å². The molecule has 0 saturated heterocycles. The average Bonchev–Trinajstić information content (AvgIpc) is 3.01. The number of Topliss-reactive ketones (excluding diaryl/α,β-unsaturated/α-hetero) is 1. The van der Waals surface area contributed by atoms with Crippen LogP contribution in [0.4, 0.5) is 0 Å². The first-order valence-corrected chi connectivity index (χ1v) is 7.79. The van der Waals surface area contributed by atoms with Gasteiger partial charge in [0.05, 0.1) is 12.5 Å². The maximum atomic E-state index is 12.0. The highest BCUT2D eigenvalue weighted by Gasteiger charge is 2.18. The van der Waals surface area contributed by atoms with E-state index < -0.39 is 0 Å². The zero-order chi connectivity index (χ0) is 15.9. The molecule has 0 amide bonds. The minimum Gasteiger partial charge on any atom is -0.327 e. The number of rotatable bonds is 8. The van der Waals surface area contributed by atoms with Gasteiger partial charge in [-0.05, 0) is 25.5 Å². The van der Waals surface area contributed by atoms with Crippen LogP contribution >= 0.6 is 0 Å². The molecule has 0 aliphatic carbocycles. The van der Waals surface area contributed by atoms with Crippen LogP contribution in [0.25, 0.3) is 0 Å². The summed E-state index contributed by atoms with van der Waals surface area (Å²) in [5.74, 6) is 1.69. The smallest absolute Gasteiger partial charge is 0.147 e. The van der Waals surface area contributed by atoms with Crippen molar-refractivity contribution in [3.8, 4) is 0 Å². The monoisotopic (exact) mass is 300 g/mol. The second-order valence-corrected chi connectivity index (χ2v) is 5.64. The normalized spacial score (nSPS) is 13.8. The summed E-state index contributed by atoms with van der Waals surface area (Å²) in [4.78, 5) is 15.2. The van der Waals surface area contributed by atoms with Gasteiger partial charge < -0.3 is 10.3 Å². The van der Waals surface area contributed by atoms with Gasteiger partial charge in [0.1, 0.15) is 17.4 Å². The first kappa shape index (κ1) is 16.4. The molecule has 1 heterocycles. The maximum absolute atomic E-state index is 12.0. The second kappa shape index (κ2) is 7.84. The third kappa shape index (κ3) is 4.24. The number of likely N-dealkylation sites (N-methyl/N-ethyl adjacent to an activating group) is 1.